The molecule has 1 fully saturated rings. The highest BCUT2D eigenvalue weighted by Crippen LogP contribution is 2.43. The van der Waals surface area contributed by atoms with Crippen molar-refractivity contribution in [2.75, 3.05) is 0 Å². The first-order valence-corrected chi connectivity index (χ1v) is 4.30. The van der Waals surface area contributed by atoms with Crippen LogP contribution in [0.15, 0.2) is 28.5 Å². The maximum atomic E-state index is 8.72. The van der Waals surface area contributed by atoms with Crippen LogP contribution in [0, 0.1) is 11.8 Å². The summed E-state index contributed by atoms with van der Waals surface area (Å²) in [5.74, 6) is 0.830. The van der Waals surface area contributed by atoms with Crippen molar-refractivity contribution in [2.45, 2.75) is 20.3 Å². The molecule has 2 atom stereocenters. The van der Waals surface area contributed by atoms with Crippen molar-refractivity contribution < 1.29 is 5.21 Å². The second-order valence-electron chi connectivity index (χ2n) is 3.72. The molecule has 1 saturated carbocycles. The summed E-state index contributed by atoms with van der Waals surface area (Å²) in [5, 5.41) is 12.1. The van der Waals surface area contributed by atoms with Crippen molar-refractivity contribution >= 4 is 5.71 Å². The van der Waals surface area contributed by atoms with Crippen molar-refractivity contribution in [2.24, 2.45) is 17.0 Å². The van der Waals surface area contributed by atoms with E-state index in [0.29, 0.717) is 11.8 Å². The van der Waals surface area contributed by atoms with Gasteiger partial charge in [-0.15, -0.1) is 0 Å². The standard InChI is InChI=1S/C10H13NO/c1-6(2)10-7-3-4-8(10)9(5-7)11-12/h3-4,7-8,12H,5H2,1-2H3. The maximum absolute atomic E-state index is 8.72. The van der Waals surface area contributed by atoms with E-state index in [2.05, 4.69) is 31.2 Å². The van der Waals surface area contributed by atoms with Gasteiger partial charge in [-0.2, -0.15) is 0 Å². The molecule has 0 radical (unpaired) electrons. The van der Waals surface area contributed by atoms with Crippen LogP contribution in [0.2, 0.25) is 0 Å². The highest BCUT2D eigenvalue weighted by molar-refractivity contribution is 5.96. The SMILES string of the molecule is CC(C)=C1C2C=CC1C(=NO)C2. The van der Waals surface area contributed by atoms with Crippen molar-refractivity contribution in [1.82, 2.24) is 0 Å². The summed E-state index contributed by atoms with van der Waals surface area (Å²) in [6, 6.07) is 0. The third-order valence-corrected chi connectivity index (χ3v) is 2.76. The van der Waals surface area contributed by atoms with Gasteiger partial charge in [0.15, 0.2) is 0 Å². The molecular formula is C10H13NO. The van der Waals surface area contributed by atoms with E-state index >= 15 is 0 Å². The summed E-state index contributed by atoms with van der Waals surface area (Å²) < 4.78 is 0. The van der Waals surface area contributed by atoms with Gasteiger partial charge in [0.25, 0.3) is 0 Å². The van der Waals surface area contributed by atoms with Gasteiger partial charge in [-0.1, -0.05) is 28.5 Å². The first-order valence-electron chi connectivity index (χ1n) is 4.30. The molecule has 0 amide bonds. The topological polar surface area (TPSA) is 32.6 Å². The summed E-state index contributed by atoms with van der Waals surface area (Å²) >= 11 is 0. The second-order valence-corrected chi connectivity index (χ2v) is 3.72. The lowest BCUT2D eigenvalue weighted by molar-refractivity contribution is 0.316. The number of nitrogens with zero attached hydrogens (tertiary/aromatic N) is 1. The number of fused-ring (bicyclic) bond motifs is 2. The van der Waals surface area contributed by atoms with Crippen LogP contribution in [-0.2, 0) is 0 Å². The zero-order valence-corrected chi connectivity index (χ0v) is 7.41. The van der Waals surface area contributed by atoms with Crippen LogP contribution in [0.25, 0.3) is 0 Å². The summed E-state index contributed by atoms with van der Waals surface area (Å²) in [4.78, 5) is 0. The van der Waals surface area contributed by atoms with Gasteiger partial charge >= 0.3 is 0 Å². The van der Waals surface area contributed by atoms with E-state index in [1.54, 1.807) is 0 Å². The van der Waals surface area contributed by atoms with E-state index in [4.69, 9.17) is 5.21 Å². The van der Waals surface area contributed by atoms with Gasteiger partial charge in [0, 0.05) is 18.3 Å². The Kier molecular flexibility index (Phi) is 1.56. The van der Waals surface area contributed by atoms with Crippen LogP contribution in [-0.4, -0.2) is 10.9 Å². The molecule has 0 aromatic heterocycles. The highest BCUT2D eigenvalue weighted by Gasteiger charge is 2.38. The summed E-state index contributed by atoms with van der Waals surface area (Å²) in [6.45, 7) is 4.26. The molecule has 64 valence electrons. The smallest absolute Gasteiger partial charge is 0.0689 e. The normalized spacial score (nSPS) is 35.2. The van der Waals surface area contributed by atoms with Crippen LogP contribution in [0.4, 0.5) is 0 Å². The summed E-state index contributed by atoms with van der Waals surface area (Å²) in [5.41, 5.74) is 3.75. The van der Waals surface area contributed by atoms with Crippen LogP contribution in [0.1, 0.15) is 20.3 Å². The molecule has 1 N–H and O–H groups in total. The van der Waals surface area contributed by atoms with Crippen molar-refractivity contribution in [3.8, 4) is 0 Å². The largest absolute Gasteiger partial charge is 0.411 e. The number of oxime groups is 1. The molecule has 2 rings (SSSR count). The summed E-state index contributed by atoms with van der Waals surface area (Å²) in [7, 11) is 0. The van der Waals surface area contributed by atoms with Gasteiger partial charge in [0.1, 0.15) is 0 Å². The van der Waals surface area contributed by atoms with Crippen LogP contribution in [0.5, 0.6) is 0 Å². The number of rotatable bonds is 0. The fourth-order valence-electron chi connectivity index (χ4n) is 2.29. The fraction of sp³-hybridized carbons (Fsp3) is 0.500. The Morgan fingerprint density at radius 3 is 2.67 bits per heavy atom. The first-order chi connectivity index (χ1) is 5.74. The Morgan fingerprint density at radius 1 is 1.50 bits per heavy atom. The Labute approximate surface area is 72.3 Å². The van der Waals surface area contributed by atoms with E-state index in [1.807, 2.05) is 0 Å². The van der Waals surface area contributed by atoms with Crippen molar-refractivity contribution in [3.05, 3.63) is 23.3 Å². The van der Waals surface area contributed by atoms with E-state index in [-0.39, 0.29) is 0 Å². The van der Waals surface area contributed by atoms with Gasteiger partial charge in [-0.25, -0.2) is 0 Å². The zero-order valence-electron chi connectivity index (χ0n) is 7.41. The molecule has 2 aliphatic rings. The molecule has 2 heteroatoms. The molecule has 0 spiro atoms. The quantitative estimate of drug-likeness (QED) is 0.332. The lowest BCUT2D eigenvalue weighted by Crippen LogP contribution is -2.05. The van der Waals surface area contributed by atoms with E-state index < -0.39 is 0 Å². The number of hydrogen-bond acceptors (Lipinski definition) is 2. The predicted octanol–water partition coefficient (Wildman–Crippen LogP) is 2.36. The van der Waals surface area contributed by atoms with Gasteiger partial charge in [0.05, 0.1) is 5.71 Å². The zero-order chi connectivity index (χ0) is 8.72. The van der Waals surface area contributed by atoms with E-state index in [9.17, 15) is 0 Å². The molecule has 2 aliphatic carbocycles. The molecule has 2 unspecified atom stereocenters. The number of allylic oxidation sites excluding steroid dienone is 4. The Balaban J connectivity index is 2.44. The summed E-state index contributed by atoms with van der Waals surface area (Å²) in [6.07, 6.45) is 5.28. The third-order valence-electron chi connectivity index (χ3n) is 2.76. The predicted molar refractivity (Wildman–Crippen MR) is 48.3 cm³/mol. The van der Waals surface area contributed by atoms with Crippen LogP contribution < -0.4 is 0 Å². The first kappa shape index (κ1) is 7.59. The van der Waals surface area contributed by atoms with Crippen molar-refractivity contribution in [3.63, 3.8) is 0 Å². The molecule has 0 heterocycles. The molecule has 2 bridgehead atoms. The molecule has 0 aromatic carbocycles. The molecule has 0 aliphatic heterocycles. The molecule has 0 aromatic rings. The van der Waals surface area contributed by atoms with Gasteiger partial charge < -0.3 is 5.21 Å². The average Bonchev–Trinajstić information content (AvgIpc) is 2.59. The Bertz CT molecular complexity index is 295. The lowest BCUT2D eigenvalue weighted by atomic mass is 10.00. The Hall–Kier alpha value is -1.05. The third kappa shape index (κ3) is 0.840. The fourth-order valence-corrected chi connectivity index (χ4v) is 2.29. The van der Waals surface area contributed by atoms with E-state index in [1.165, 1.54) is 11.1 Å². The van der Waals surface area contributed by atoms with E-state index in [0.717, 1.165) is 12.1 Å². The van der Waals surface area contributed by atoms with Crippen LogP contribution >= 0.6 is 0 Å². The average molecular weight is 163 g/mol. The second kappa shape index (κ2) is 2.47. The van der Waals surface area contributed by atoms with Gasteiger partial charge in [0.2, 0.25) is 0 Å². The Morgan fingerprint density at radius 2 is 2.25 bits per heavy atom. The highest BCUT2D eigenvalue weighted by atomic mass is 16.4. The number of hydrogen-bond donors (Lipinski definition) is 1. The molecule has 2 nitrogen and oxygen atoms in total. The van der Waals surface area contributed by atoms with Crippen molar-refractivity contribution in [1.29, 1.82) is 0 Å². The minimum atomic E-state index is 0.310. The monoisotopic (exact) mass is 163 g/mol. The lowest BCUT2D eigenvalue weighted by Gasteiger charge is -2.05. The van der Waals surface area contributed by atoms with Gasteiger partial charge in [-0.05, 0) is 13.8 Å². The van der Waals surface area contributed by atoms with Crippen LogP contribution in [0.3, 0.4) is 0 Å². The van der Waals surface area contributed by atoms with Gasteiger partial charge in [-0.3, -0.25) is 0 Å². The molecule has 0 saturated heterocycles. The minimum absolute atomic E-state index is 0.310. The molecular weight excluding hydrogens is 150 g/mol. The minimum Gasteiger partial charge on any atom is -0.411 e. The maximum Gasteiger partial charge on any atom is 0.0689 e. The molecule has 12 heavy (non-hydrogen) atoms.